The Morgan fingerprint density at radius 3 is 2.62 bits per heavy atom. The smallest absolute Gasteiger partial charge is 0.337 e. The van der Waals surface area contributed by atoms with Crippen LogP contribution in [0.1, 0.15) is 52.0 Å². The zero-order valence-corrected chi connectivity index (χ0v) is 18.8. The fourth-order valence-electron chi connectivity index (χ4n) is 5.06. The maximum absolute atomic E-state index is 14.0. The van der Waals surface area contributed by atoms with E-state index in [1.807, 2.05) is 13.8 Å². The molecule has 176 valence electrons. The van der Waals surface area contributed by atoms with Gasteiger partial charge in [-0.25, -0.2) is 18.5 Å². The molecule has 9 heteroatoms. The maximum Gasteiger partial charge on any atom is 0.337 e. The average Bonchev–Trinajstić information content (AvgIpc) is 3.05. The molecule has 32 heavy (non-hydrogen) atoms. The number of piperidine rings is 1. The van der Waals surface area contributed by atoms with E-state index in [9.17, 15) is 19.1 Å². The predicted molar refractivity (Wildman–Crippen MR) is 119 cm³/mol. The molecule has 1 unspecified atom stereocenters. The second-order valence-electron chi connectivity index (χ2n) is 9.40. The standard InChI is InChI=1S/C23H33FN4O4/c1-15(2)27-19-4-3-17(24)13-20(19)28(22(27)30)21(29)26-18(16-5-9-25-10-6-16)14-23(31)7-11-32-12-8-23/h3-4,13,15-16,18,25,31H,5-12,14H2,1-2H3,(H,26,29). The molecule has 1 atom stereocenters. The second kappa shape index (κ2) is 9.33. The number of hydrogen-bond donors (Lipinski definition) is 3. The number of nitrogens with zero attached hydrogens (tertiary/aromatic N) is 2. The van der Waals surface area contributed by atoms with Gasteiger partial charge in [-0.05, 0) is 77.1 Å². The van der Waals surface area contributed by atoms with Gasteiger partial charge < -0.3 is 20.5 Å². The molecule has 2 aliphatic heterocycles. The molecule has 0 spiro atoms. The number of amides is 1. The van der Waals surface area contributed by atoms with Gasteiger partial charge in [-0.2, -0.15) is 0 Å². The highest BCUT2D eigenvalue weighted by atomic mass is 19.1. The molecule has 0 radical (unpaired) electrons. The van der Waals surface area contributed by atoms with Gasteiger partial charge in [0.1, 0.15) is 5.82 Å². The molecule has 2 fully saturated rings. The first-order valence-corrected chi connectivity index (χ1v) is 11.5. The molecule has 1 amide bonds. The van der Waals surface area contributed by atoms with E-state index in [0.29, 0.717) is 38.0 Å². The van der Waals surface area contributed by atoms with Crippen LogP contribution in [0.15, 0.2) is 23.0 Å². The first kappa shape index (κ1) is 22.9. The van der Waals surface area contributed by atoms with E-state index in [2.05, 4.69) is 10.6 Å². The summed E-state index contributed by atoms with van der Waals surface area (Å²) in [5.74, 6) is -0.329. The number of carbonyl (C=O) groups excluding carboxylic acids is 1. The topological polar surface area (TPSA) is 97.5 Å². The van der Waals surface area contributed by atoms with Crippen LogP contribution in [0.3, 0.4) is 0 Å². The second-order valence-corrected chi connectivity index (χ2v) is 9.40. The lowest BCUT2D eigenvalue weighted by Gasteiger charge is -2.39. The average molecular weight is 449 g/mol. The summed E-state index contributed by atoms with van der Waals surface area (Å²) in [6, 6.07) is 2.98. The van der Waals surface area contributed by atoms with Crippen molar-refractivity contribution < 1.29 is 19.0 Å². The van der Waals surface area contributed by atoms with E-state index in [1.54, 1.807) is 0 Å². The SMILES string of the molecule is CC(C)n1c(=O)n(C(=O)NC(CC2(O)CCOCC2)C2CCNCC2)c2cc(F)ccc21. The Labute approximate surface area is 186 Å². The van der Waals surface area contributed by atoms with Crippen molar-refractivity contribution in [3.63, 3.8) is 0 Å². The highest BCUT2D eigenvalue weighted by Gasteiger charge is 2.37. The van der Waals surface area contributed by atoms with Gasteiger partial charge in [-0.1, -0.05) is 0 Å². The zero-order chi connectivity index (χ0) is 22.9. The van der Waals surface area contributed by atoms with Crippen LogP contribution in [-0.2, 0) is 4.74 Å². The quantitative estimate of drug-likeness (QED) is 0.653. The molecule has 2 aliphatic rings. The molecule has 2 saturated heterocycles. The number of imidazole rings is 1. The molecule has 1 aromatic carbocycles. The third-order valence-electron chi connectivity index (χ3n) is 6.84. The third kappa shape index (κ3) is 4.60. The van der Waals surface area contributed by atoms with Crippen molar-refractivity contribution >= 4 is 17.1 Å². The van der Waals surface area contributed by atoms with Crippen LogP contribution in [0.5, 0.6) is 0 Å². The van der Waals surface area contributed by atoms with Crippen LogP contribution >= 0.6 is 0 Å². The normalized spacial score (nSPS) is 20.5. The first-order valence-electron chi connectivity index (χ1n) is 11.5. The summed E-state index contributed by atoms with van der Waals surface area (Å²) in [6.45, 7) is 6.37. The van der Waals surface area contributed by atoms with E-state index in [1.165, 1.54) is 22.8 Å². The third-order valence-corrected chi connectivity index (χ3v) is 6.84. The molecule has 3 heterocycles. The van der Waals surface area contributed by atoms with Crippen LogP contribution in [0.4, 0.5) is 9.18 Å². The highest BCUT2D eigenvalue weighted by Crippen LogP contribution is 2.30. The minimum atomic E-state index is -0.913. The van der Waals surface area contributed by atoms with Gasteiger partial charge in [0.2, 0.25) is 0 Å². The van der Waals surface area contributed by atoms with Gasteiger partial charge in [0.15, 0.2) is 0 Å². The zero-order valence-electron chi connectivity index (χ0n) is 18.8. The van der Waals surface area contributed by atoms with Gasteiger partial charge in [0, 0.05) is 31.4 Å². The monoisotopic (exact) mass is 448 g/mol. The number of carbonyl (C=O) groups is 1. The number of aromatic nitrogens is 2. The molecule has 0 aliphatic carbocycles. The Balaban J connectivity index is 1.67. The molecule has 8 nitrogen and oxygen atoms in total. The van der Waals surface area contributed by atoms with Gasteiger partial charge in [-0.3, -0.25) is 4.57 Å². The van der Waals surface area contributed by atoms with E-state index in [-0.39, 0.29) is 23.5 Å². The number of nitrogens with one attached hydrogen (secondary N) is 2. The van der Waals surface area contributed by atoms with Crippen LogP contribution in [0.25, 0.3) is 11.0 Å². The molecule has 1 aromatic heterocycles. The largest absolute Gasteiger partial charge is 0.390 e. The van der Waals surface area contributed by atoms with Crippen molar-refractivity contribution in [2.45, 2.75) is 63.6 Å². The van der Waals surface area contributed by atoms with Gasteiger partial charge in [-0.15, -0.1) is 0 Å². The lowest BCUT2D eigenvalue weighted by molar-refractivity contribution is -0.0756. The van der Waals surface area contributed by atoms with E-state index >= 15 is 0 Å². The lowest BCUT2D eigenvalue weighted by Crippen LogP contribution is -2.52. The van der Waals surface area contributed by atoms with Crippen molar-refractivity contribution in [2.75, 3.05) is 26.3 Å². The summed E-state index contributed by atoms with van der Waals surface area (Å²) in [5.41, 5.74) is -0.644. The summed E-state index contributed by atoms with van der Waals surface area (Å²) in [6.07, 6.45) is 3.17. The van der Waals surface area contributed by atoms with E-state index < -0.39 is 23.1 Å². The Kier molecular flexibility index (Phi) is 6.69. The van der Waals surface area contributed by atoms with E-state index in [4.69, 9.17) is 4.74 Å². The predicted octanol–water partition coefficient (Wildman–Crippen LogP) is 2.38. The van der Waals surface area contributed by atoms with E-state index in [0.717, 1.165) is 30.5 Å². The molecular weight excluding hydrogens is 415 g/mol. The molecule has 0 bridgehead atoms. The Morgan fingerprint density at radius 1 is 1.28 bits per heavy atom. The fraction of sp³-hybridized carbons (Fsp3) is 0.652. The number of hydrogen-bond acceptors (Lipinski definition) is 5. The van der Waals surface area contributed by atoms with Crippen LogP contribution in [0.2, 0.25) is 0 Å². The first-order chi connectivity index (χ1) is 15.3. The number of fused-ring (bicyclic) bond motifs is 1. The van der Waals surface area contributed by atoms with Crippen molar-refractivity contribution in [1.82, 2.24) is 19.8 Å². The number of ether oxygens (including phenoxy) is 1. The lowest BCUT2D eigenvalue weighted by atomic mass is 9.80. The van der Waals surface area contributed by atoms with Crippen LogP contribution in [0, 0.1) is 11.7 Å². The van der Waals surface area contributed by atoms with Crippen molar-refractivity contribution in [2.24, 2.45) is 5.92 Å². The summed E-state index contributed by atoms with van der Waals surface area (Å²) in [4.78, 5) is 26.6. The van der Waals surface area contributed by atoms with Crippen molar-refractivity contribution in [1.29, 1.82) is 0 Å². The molecule has 3 N–H and O–H groups in total. The number of halogens is 1. The molecule has 2 aromatic rings. The number of rotatable bonds is 5. The highest BCUT2D eigenvalue weighted by molar-refractivity contribution is 5.89. The van der Waals surface area contributed by atoms with Crippen molar-refractivity contribution in [3.8, 4) is 0 Å². The number of aliphatic hydroxyl groups is 1. The van der Waals surface area contributed by atoms with Crippen LogP contribution < -0.4 is 16.3 Å². The Morgan fingerprint density at radius 2 is 1.97 bits per heavy atom. The Hall–Kier alpha value is -2.23. The maximum atomic E-state index is 14.0. The molecular formula is C23H33FN4O4. The molecule has 0 saturated carbocycles. The minimum absolute atomic E-state index is 0.179. The van der Waals surface area contributed by atoms with Gasteiger partial charge in [0.05, 0.1) is 16.6 Å². The summed E-state index contributed by atoms with van der Waals surface area (Å²) < 4.78 is 22.0. The van der Waals surface area contributed by atoms with Crippen LogP contribution in [-0.4, -0.2) is 58.2 Å². The fourth-order valence-corrected chi connectivity index (χ4v) is 5.06. The number of benzene rings is 1. The summed E-state index contributed by atoms with van der Waals surface area (Å²) >= 11 is 0. The molecule has 4 rings (SSSR count). The van der Waals surface area contributed by atoms with Gasteiger partial charge >= 0.3 is 11.7 Å². The Bertz CT molecular complexity index is 1020. The van der Waals surface area contributed by atoms with Crippen molar-refractivity contribution in [3.05, 3.63) is 34.5 Å². The van der Waals surface area contributed by atoms with Gasteiger partial charge in [0.25, 0.3) is 0 Å². The summed E-state index contributed by atoms with van der Waals surface area (Å²) in [5, 5.41) is 17.5. The minimum Gasteiger partial charge on any atom is -0.390 e. The summed E-state index contributed by atoms with van der Waals surface area (Å²) in [7, 11) is 0.